The lowest BCUT2D eigenvalue weighted by Crippen LogP contribution is -2.41. The molecule has 1 N–H and O–H groups in total. The van der Waals surface area contributed by atoms with E-state index in [1.165, 1.54) is 5.56 Å². The van der Waals surface area contributed by atoms with E-state index in [4.69, 9.17) is 0 Å². The van der Waals surface area contributed by atoms with E-state index in [0.29, 0.717) is 0 Å². The Morgan fingerprint density at radius 2 is 2.29 bits per heavy atom. The van der Waals surface area contributed by atoms with Gasteiger partial charge in [-0.2, -0.15) is 0 Å². The number of rotatable bonds is 3. The van der Waals surface area contributed by atoms with Crippen LogP contribution < -0.4 is 5.32 Å². The van der Waals surface area contributed by atoms with E-state index in [0.717, 1.165) is 32.5 Å². The van der Waals surface area contributed by atoms with Gasteiger partial charge in [-0.05, 0) is 37.1 Å². The monoisotopic (exact) mass is 233 g/mol. The van der Waals surface area contributed by atoms with Crippen LogP contribution in [0.2, 0.25) is 0 Å². The fourth-order valence-electron chi connectivity index (χ4n) is 2.36. The smallest absolute Gasteiger partial charge is 0.224 e. The standard InChI is InChI=1S/C13H19N3O/c1-14-13(17)12-3-2-8-16(10-12)9-11-4-6-15-7-5-11/h4-7,12H,2-3,8-10H2,1H3,(H,14,17). The molecule has 1 aliphatic heterocycles. The van der Waals surface area contributed by atoms with Gasteiger partial charge in [-0.25, -0.2) is 0 Å². The third-order valence-corrected chi connectivity index (χ3v) is 3.28. The summed E-state index contributed by atoms with van der Waals surface area (Å²) in [4.78, 5) is 18.0. The van der Waals surface area contributed by atoms with E-state index in [9.17, 15) is 4.79 Å². The van der Waals surface area contributed by atoms with Crippen molar-refractivity contribution in [1.82, 2.24) is 15.2 Å². The molecule has 1 atom stereocenters. The zero-order valence-corrected chi connectivity index (χ0v) is 10.2. The number of piperidine rings is 1. The number of likely N-dealkylation sites (tertiary alicyclic amines) is 1. The van der Waals surface area contributed by atoms with E-state index in [-0.39, 0.29) is 11.8 Å². The Kier molecular flexibility index (Phi) is 4.09. The van der Waals surface area contributed by atoms with Crippen molar-refractivity contribution >= 4 is 5.91 Å². The van der Waals surface area contributed by atoms with Crippen LogP contribution in [0.5, 0.6) is 0 Å². The van der Waals surface area contributed by atoms with Gasteiger partial charge in [-0.15, -0.1) is 0 Å². The van der Waals surface area contributed by atoms with Gasteiger partial charge in [0, 0.05) is 32.5 Å². The Hall–Kier alpha value is -1.42. The van der Waals surface area contributed by atoms with Crippen molar-refractivity contribution in [1.29, 1.82) is 0 Å². The molecule has 0 saturated carbocycles. The molecule has 0 aliphatic carbocycles. The molecule has 4 nitrogen and oxygen atoms in total. The third kappa shape index (κ3) is 3.27. The van der Waals surface area contributed by atoms with Crippen LogP contribution in [0, 0.1) is 5.92 Å². The molecule has 17 heavy (non-hydrogen) atoms. The van der Waals surface area contributed by atoms with Crippen molar-refractivity contribution in [3.63, 3.8) is 0 Å². The van der Waals surface area contributed by atoms with Gasteiger partial charge in [0.2, 0.25) is 5.91 Å². The van der Waals surface area contributed by atoms with Crippen LogP contribution >= 0.6 is 0 Å². The Morgan fingerprint density at radius 1 is 1.53 bits per heavy atom. The van der Waals surface area contributed by atoms with Crippen molar-refractivity contribution < 1.29 is 4.79 Å². The highest BCUT2D eigenvalue weighted by molar-refractivity contribution is 5.78. The minimum Gasteiger partial charge on any atom is -0.359 e. The topological polar surface area (TPSA) is 45.2 Å². The lowest BCUT2D eigenvalue weighted by Gasteiger charge is -2.31. The number of hydrogen-bond donors (Lipinski definition) is 1. The van der Waals surface area contributed by atoms with Crippen molar-refractivity contribution in [2.45, 2.75) is 19.4 Å². The molecule has 0 aromatic carbocycles. The zero-order chi connectivity index (χ0) is 12.1. The van der Waals surface area contributed by atoms with E-state index in [2.05, 4.69) is 15.2 Å². The average Bonchev–Trinajstić information content (AvgIpc) is 2.39. The molecule has 1 aromatic rings. The summed E-state index contributed by atoms with van der Waals surface area (Å²) in [6.07, 6.45) is 5.74. The number of nitrogens with one attached hydrogen (secondary N) is 1. The van der Waals surface area contributed by atoms with Gasteiger partial charge in [0.05, 0.1) is 5.92 Å². The van der Waals surface area contributed by atoms with E-state index >= 15 is 0 Å². The second kappa shape index (κ2) is 5.77. The van der Waals surface area contributed by atoms with E-state index in [1.54, 1.807) is 7.05 Å². The number of nitrogens with zero attached hydrogens (tertiary/aromatic N) is 2. The molecule has 2 heterocycles. The molecule has 0 spiro atoms. The van der Waals surface area contributed by atoms with Crippen molar-refractivity contribution in [2.24, 2.45) is 5.92 Å². The largest absolute Gasteiger partial charge is 0.359 e. The van der Waals surface area contributed by atoms with Crippen molar-refractivity contribution in [2.75, 3.05) is 20.1 Å². The van der Waals surface area contributed by atoms with Crippen molar-refractivity contribution in [3.05, 3.63) is 30.1 Å². The van der Waals surface area contributed by atoms with Crippen LogP contribution in [-0.4, -0.2) is 35.9 Å². The van der Waals surface area contributed by atoms with Crippen LogP contribution in [0.3, 0.4) is 0 Å². The number of pyridine rings is 1. The molecular weight excluding hydrogens is 214 g/mol. The highest BCUT2D eigenvalue weighted by Crippen LogP contribution is 2.18. The summed E-state index contributed by atoms with van der Waals surface area (Å²) < 4.78 is 0. The highest BCUT2D eigenvalue weighted by atomic mass is 16.1. The molecule has 92 valence electrons. The second-order valence-electron chi connectivity index (χ2n) is 4.54. The lowest BCUT2D eigenvalue weighted by atomic mass is 9.97. The zero-order valence-electron chi connectivity index (χ0n) is 10.2. The van der Waals surface area contributed by atoms with Gasteiger partial charge in [-0.3, -0.25) is 14.7 Å². The van der Waals surface area contributed by atoms with Gasteiger partial charge < -0.3 is 5.32 Å². The predicted molar refractivity (Wildman–Crippen MR) is 66.3 cm³/mol. The minimum atomic E-state index is 0.149. The Labute approximate surface area is 102 Å². The lowest BCUT2D eigenvalue weighted by molar-refractivity contribution is -0.126. The van der Waals surface area contributed by atoms with Gasteiger partial charge in [-0.1, -0.05) is 0 Å². The summed E-state index contributed by atoms with van der Waals surface area (Å²) >= 11 is 0. The van der Waals surface area contributed by atoms with Crippen LogP contribution in [0.25, 0.3) is 0 Å². The number of carbonyl (C=O) groups is 1. The molecule has 1 saturated heterocycles. The first-order valence-corrected chi connectivity index (χ1v) is 6.12. The first-order valence-electron chi connectivity index (χ1n) is 6.12. The Bertz CT molecular complexity index is 366. The summed E-state index contributed by atoms with van der Waals surface area (Å²) in [5.74, 6) is 0.319. The van der Waals surface area contributed by atoms with Gasteiger partial charge in [0.15, 0.2) is 0 Å². The maximum absolute atomic E-state index is 11.6. The van der Waals surface area contributed by atoms with Crippen molar-refractivity contribution in [3.8, 4) is 0 Å². The van der Waals surface area contributed by atoms with Gasteiger partial charge in [0.25, 0.3) is 0 Å². The summed E-state index contributed by atoms with van der Waals surface area (Å²) in [6, 6.07) is 4.06. The van der Waals surface area contributed by atoms with E-state index in [1.807, 2.05) is 24.5 Å². The summed E-state index contributed by atoms with van der Waals surface area (Å²) in [5.41, 5.74) is 1.26. The fraction of sp³-hybridized carbons (Fsp3) is 0.538. The maximum atomic E-state index is 11.6. The maximum Gasteiger partial charge on any atom is 0.224 e. The van der Waals surface area contributed by atoms with Crippen LogP contribution in [0.4, 0.5) is 0 Å². The molecule has 1 aliphatic rings. The first kappa shape index (κ1) is 12.0. The minimum absolute atomic E-state index is 0.149. The number of aromatic nitrogens is 1. The van der Waals surface area contributed by atoms with Gasteiger partial charge in [0.1, 0.15) is 0 Å². The average molecular weight is 233 g/mol. The highest BCUT2D eigenvalue weighted by Gasteiger charge is 2.24. The molecule has 4 heteroatoms. The van der Waals surface area contributed by atoms with Crippen LogP contribution in [-0.2, 0) is 11.3 Å². The molecule has 1 unspecified atom stereocenters. The molecule has 1 amide bonds. The number of amides is 1. The number of hydrogen-bond acceptors (Lipinski definition) is 3. The third-order valence-electron chi connectivity index (χ3n) is 3.28. The Morgan fingerprint density at radius 3 is 3.00 bits per heavy atom. The number of carbonyl (C=O) groups excluding carboxylic acids is 1. The first-order chi connectivity index (χ1) is 8.29. The molecule has 2 rings (SSSR count). The van der Waals surface area contributed by atoms with Crippen LogP contribution in [0.15, 0.2) is 24.5 Å². The van der Waals surface area contributed by atoms with Gasteiger partial charge >= 0.3 is 0 Å². The molecule has 1 fully saturated rings. The molecular formula is C13H19N3O. The normalized spacial score (nSPS) is 21.1. The summed E-state index contributed by atoms with van der Waals surface area (Å²) in [7, 11) is 1.71. The summed E-state index contributed by atoms with van der Waals surface area (Å²) in [6.45, 7) is 2.85. The predicted octanol–water partition coefficient (Wildman–Crippen LogP) is 1.04. The molecule has 0 bridgehead atoms. The second-order valence-corrected chi connectivity index (χ2v) is 4.54. The Balaban J connectivity index is 1.92. The molecule has 1 aromatic heterocycles. The van der Waals surface area contributed by atoms with E-state index < -0.39 is 0 Å². The summed E-state index contributed by atoms with van der Waals surface area (Å²) in [5, 5.41) is 2.74. The fourth-order valence-corrected chi connectivity index (χ4v) is 2.36. The SMILES string of the molecule is CNC(=O)C1CCCN(Cc2ccncc2)C1. The quantitative estimate of drug-likeness (QED) is 0.848. The molecule has 0 radical (unpaired) electrons. The van der Waals surface area contributed by atoms with Crippen LogP contribution in [0.1, 0.15) is 18.4 Å².